The van der Waals surface area contributed by atoms with Crippen LogP contribution in [0.3, 0.4) is 0 Å². The third kappa shape index (κ3) is 4.53. The number of ether oxygens (including phenoxy) is 3. The van der Waals surface area contributed by atoms with Gasteiger partial charge < -0.3 is 28.6 Å². The molecule has 0 aliphatic carbocycles. The summed E-state index contributed by atoms with van der Waals surface area (Å²) >= 11 is 0. The smallest absolute Gasteiger partial charge is 0.415 e. The number of hydrogen-bond donors (Lipinski definition) is 0. The van der Waals surface area contributed by atoms with Crippen molar-refractivity contribution in [2.75, 3.05) is 33.3 Å². The number of piperidine rings is 2. The first-order chi connectivity index (χ1) is 21.4. The minimum Gasteiger partial charge on any atom is -0.458 e. The monoisotopic (exact) mass is 600 g/mol. The maximum Gasteiger partial charge on any atom is 0.415 e. The van der Waals surface area contributed by atoms with Gasteiger partial charge in [-0.05, 0) is 81.4 Å². The molecule has 44 heavy (non-hydrogen) atoms. The molecule has 0 unspecified atom stereocenters. The van der Waals surface area contributed by atoms with Crippen LogP contribution in [0.4, 0.5) is 4.79 Å². The van der Waals surface area contributed by atoms with Gasteiger partial charge in [0.05, 0.1) is 29.0 Å². The first-order valence-corrected chi connectivity index (χ1v) is 16.0. The first-order valence-electron chi connectivity index (χ1n) is 16.0. The van der Waals surface area contributed by atoms with E-state index in [4.69, 9.17) is 19.2 Å². The fraction of sp³-hybridized carbons (Fsp3) is 0.529. The van der Waals surface area contributed by atoms with E-state index in [0.717, 1.165) is 40.6 Å². The van der Waals surface area contributed by atoms with E-state index in [1.807, 2.05) is 30.0 Å². The molecular weight excluding hydrogens is 560 g/mol. The van der Waals surface area contributed by atoms with E-state index >= 15 is 0 Å². The maximum absolute atomic E-state index is 13.8. The van der Waals surface area contributed by atoms with Gasteiger partial charge in [0.15, 0.2) is 5.60 Å². The SMILES string of the molecule is CCc1c2c(nc3ccc(OC(=O)N4CCC(N5CCCCC5)CC4)cc13)-c1cc3c(c(=O)n1C2)COC(=O)[C@@]3(CC)OC. The van der Waals surface area contributed by atoms with Crippen molar-refractivity contribution < 1.29 is 23.8 Å². The molecule has 232 valence electrons. The summed E-state index contributed by atoms with van der Waals surface area (Å²) in [5.74, 6) is 0.00969. The number of methoxy groups -OCH3 is 1. The van der Waals surface area contributed by atoms with E-state index in [1.165, 1.54) is 39.5 Å². The van der Waals surface area contributed by atoms with Gasteiger partial charge in [-0.1, -0.05) is 20.3 Å². The van der Waals surface area contributed by atoms with Crippen LogP contribution in [0, 0.1) is 0 Å². The van der Waals surface area contributed by atoms with E-state index in [2.05, 4.69) is 11.8 Å². The van der Waals surface area contributed by atoms with Gasteiger partial charge in [0.2, 0.25) is 0 Å². The highest BCUT2D eigenvalue weighted by Gasteiger charge is 2.47. The van der Waals surface area contributed by atoms with Crippen LogP contribution in [0.5, 0.6) is 5.75 Å². The largest absolute Gasteiger partial charge is 0.458 e. The Morgan fingerprint density at radius 2 is 1.82 bits per heavy atom. The number of esters is 1. The van der Waals surface area contributed by atoms with Crippen LogP contribution >= 0.6 is 0 Å². The van der Waals surface area contributed by atoms with Crippen LogP contribution in [0.2, 0.25) is 0 Å². The highest BCUT2D eigenvalue weighted by Crippen LogP contribution is 2.42. The molecule has 4 aliphatic heterocycles. The molecule has 1 aromatic carbocycles. The predicted molar refractivity (Wildman–Crippen MR) is 165 cm³/mol. The number of pyridine rings is 2. The quantitative estimate of drug-likeness (QED) is 0.303. The van der Waals surface area contributed by atoms with E-state index < -0.39 is 11.6 Å². The summed E-state index contributed by atoms with van der Waals surface area (Å²) in [6.45, 7) is 7.99. The van der Waals surface area contributed by atoms with Crippen molar-refractivity contribution in [3.63, 3.8) is 0 Å². The molecule has 0 saturated carbocycles. The zero-order chi connectivity index (χ0) is 30.6. The lowest BCUT2D eigenvalue weighted by atomic mass is 9.85. The van der Waals surface area contributed by atoms with Crippen LogP contribution in [0.25, 0.3) is 22.3 Å². The molecule has 6 heterocycles. The summed E-state index contributed by atoms with van der Waals surface area (Å²) in [5, 5.41) is 0.907. The number of benzene rings is 1. The third-order valence-corrected chi connectivity index (χ3v) is 10.3. The molecule has 3 aromatic rings. The van der Waals surface area contributed by atoms with Crippen molar-refractivity contribution in [2.24, 2.45) is 0 Å². The number of fused-ring (bicyclic) bond motifs is 5. The Hall–Kier alpha value is -3.76. The number of carbonyl (C=O) groups is 2. The normalized spacial score (nSPS) is 22.0. The van der Waals surface area contributed by atoms with Crippen LogP contribution < -0.4 is 10.3 Å². The Kier molecular flexibility index (Phi) is 7.45. The molecule has 0 bridgehead atoms. The van der Waals surface area contributed by atoms with Crippen LogP contribution in [-0.4, -0.2) is 70.7 Å². The average Bonchev–Trinajstić information content (AvgIpc) is 3.43. The molecule has 0 spiro atoms. The molecular formula is C34H40N4O6. The van der Waals surface area contributed by atoms with Crippen molar-refractivity contribution in [3.8, 4) is 17.1 Å². The van der Waals surface area contributed by atoms with Crippen molar-refractivity contribution in [3.05, 3.63) is 56.9 Å². The average molecular weight is 601 g/mol. The molecule has 10 nitrogen and oxygen atoms in total. The minimum atomic E-state index is -1.32. The second-order valence-electron chi connectivity index (χ2n) is 12.4. The predicted octanol–water partition coefficient (Wildman–Crippen LogP) is 4.75. The number of hydrogen-bond acceptors (Lipinski definition) is 8. The molecule has 1 atom stereocenters. The molecule has 2 aromatic heterocycles. The van der Waals surface area contributed by atoms with Crippen molar-refractivity contribution in [1.29, 1.82) is 0 Å². The zero-order valence-corrected chi connectivity index (χ0v) is 25.8. The fourth-order valence-corrected chi connectivity index (χ4v) is 7.80. The summed E-state index contributed by atoms with van der Waals surface area (Å²) < 4.78 is 18.7. The van der Waals surface area contributed by atoms with Gasteiger partial charge in [-0.15, -0.1) is 0 Å². The lowest BCUT2D eigenvalue weighted by Crippen LogP contribution is -2.48. The van der Waals surface area contributed by atoms with E-state index in [0.29, 0.717) is 61.1 Å². The number of rotatable bonds is 5. The maximum atomic E-state index is 13.8. The number of cyclic esters (lactones) is 1. The van der Waals surface area contributed by atoms with Gasteiger partial charge >= 0.3 is 12.1 Å². The zero-order valence-electron chi connectivity index (χ0n) is 25.8. The Morgan fingerprint density at radius 1 is 1.05 bits per heavy atom. The van der Waals surface area contributed by atoms with Crippen molar-refractivity contribution in [2.45, 2.75) is 83.6 Å². The minimum absolute atomic E-state index is 0.0740. The second-order valence-corrected chi connectivity index (χ2v) is 12.4. The Bertz CT molecular complexity index is 1700. The first kappa shape index (κ1) is 29.0. The Morgan fingerprint density at radius 3 is 2.52 bits per heavy atom. The molecule has 2 saturated heterocycles. The highest BCUT2D eigenvalue weighted by atomic mass is 16.6. The van der Waals surface area contributed by atoms with Gasteiger partial charge in [0.1, 0.15) is 12.4 Å². The van der Waals surface area contributed by atoms with Crippen molar-refractivity contribution in [1.82, 2.24) is 19.4 Å². The molecule has 10 heteroatoms. The second kappa shape index (κ2) is 11.3. The molecule has 4 aliphatic rings. The summed E-state index contributed by atoms with van der Waals surface area (Å²) in [6.07, 6.45) is 6.58. The van der Waals surface area contributed by atoms with Crippen LogP contribution in [0.1, 0.15) is 74.6 Å². The highest BCUT2D eigenvalue weighted by molar-refractivity contribution is 5.90. The Labute approximate surface area is 256 Å². The summed E-state index contributed by atoms with van der Waals surface area (Å²) in [6, 6.07) is 8.01. The third-order valence-electron chi connectivity index (χ3n) is 10.3. The standard InChI is InChI=1S/C34H40N4O6/c1-4-23-24-17-22(44-33(41)37-15-11-21(12-16-37)36-13-7-6-8-14-36)9-10-28(24)35-30-25(23)19-38-29(30)18-27-26(31(38)39)20-43-32(40)34(27,5-2)42-3/h9-10,17-18,21H,4-8,11-16,19-20H2,1-3H3/t34-/m0/s1. The molecule has 0 radical (unpaired) electrons. The van der Waals surface area contributed by atoms with Crippen LogP contribution in [0.15, 0.2) is 29.1 Å². The van der Waals surface area contributed by atoms with E-state index in [1.54, 1.807) is 10.6 Å². The summed E-state index contributed by atoms with van der Waals surface area (Å²) in [5.41, 5.74) is 3.69. The number of carbonyl (C=O) groups excluding carboxylic acids is 2. The van der Waals surface area contributed by atoms with E-state index in [9.17, 15) is 14.4 Å². The number of likely N-dealkylation sites (tertiary alicyclic amines) is 2. The molecule has 0 N–H and O–H groups in total. The fourth-order valence-electron chi connectivity index (χ4n) is 7.80. The summed E-state index contributed by atoms with van der Waals surface area (Å²) in [7, 11) is 1.47. The van der Waals surface area contributed by atoms with Gasteiger partial charge in [-0.2, -0.15) is 0 Å². The lowest BCUT2D eigenvalue weighted by molar-refractivity contribution is -0.176. The number of nitrogens with zero attached hydrogens (tertiary/aromatic N) is 4. The lowest BCUT2D eigenvalue weighted by Gasteiger charge is -2.39. The molecule has 7 rings (SSSR count). The number of amides is 1. The number of aryl methyl sites for hydroxylation is 1. The van der Waals surface area contributed by atoms with Gasteiger partial charge in [-0.25, -0.2) is 14.6 Å². The van der Waals surface area contributed by atoms with Crippen LogP contribution in [-0.2, 0) is 39.4 Å². The molecule has 2 fully saturated rings. The summed E-state index contributed by atoms with van der Waals surface area (Å²) in [4.78, 5) is 49.2. The van der Waals surface area contributed by atoms with Gasteiger partial charge in [0, 0.05) is 42.8 Å². The van der Waals surface area contributed by atoms with Gasteiger partial charge in [-0.3, -0.25) is 4.79 Å². The van der Waals surface area contributed by atoms with Crippen molar-refractivity contribution >= 4 is 23.0 Å². The van der Waals surface area contributed by atoms with E-state index in [-0.39, 0.29) is 18.3 Å². The Balaban J connectivity index is 1.17. The van der Waals surface area contributed by atoms with Gasteiger partial charge in [0.25, 0.3) is 5.56 Å². The molecule has 1 amide bonds. The number of aromatic nitrogens is 2. The topological polar surface area (TPSA) is 103 Å².